The van der Waals surface area contributed by atoms with Gasteiger partial charge in [0.2, 0.25) is 5.91 Å². The van der Waals surface area contributed by atoms with Gasteiger partial charge in [0, 0.05) is 22.7 Å². The van der Waals surface area contributed by atoms with E-state index < -0.39 is 0 Å². The van der Waals surface area contributed by atoms with Crippen LogP contribution in [0.3, 0.4) is 0 Å². The first-order chi connectivity index (χ1) is 18.4. The highest BCUT2D eigenvalue weighted by Crippen LogP contribution is 2.60. The average molecular weight is 531 g/mol. The number of amides is 2. The Balaban J connectivity index is 1.08. The number of rotatable bonds is 4. The van der Waals surface area contributed by atoms with Crippen LogP contribution in [-0.2, 0) is 17.8 Å². The number of nitrogens with zero attached hydrogens (tertiary/aromatic N) is 3. The summed E-state index contributed by atoms with van der Waals surface area (Å²) in [5.74, 6) is 4.00. The zero-order valence-electron chi connectivity index (χ0n) is 21.5. The number of anilines is 1. The predicted octanol–water partition coefficient (Wildman–Crippen LogP) is 6.05. The lowest BCUT2D eigenvalue weighted by Gasteiger charge is -2.55. The minimum atomic E-state index is -0.232. The SMILES string of the molecule is Cc1oc(-c2ccc(Cl)cc2)cc1C(=O)N1CCc2c(ncnc2NC(=O)C23CC4CC(CC(C4)C2)C3)C1. The summed E-state index contributed by atoms with van der Waals surface area (Å²) in [6.07, 6.45) is 9.06. The summed E-state index contributed by atoms with van der Waals surface area (Å²) in [5, 5.41) is 3.87. The Labute approximate surface area is 227 Å². The molecule has 196 valence electrons. The first-order valence-corrected chi connectivity index (χ1v) is 14.0. The van der Waals surface area contributed by atoms with Gasteiger partial charge in [-0.2, -0.15) is 0 Å². The van der Waals surface area contributed by atoms with Gasteiger partial charge in [-0.1, -0.05) is 11.6 Å². The number of halogens is 1. The molecule has 0 saturated heterocycles. The number of carbonyl (C=O) groups is 2. The van der Waals surface area contributed by atoms with Crippen LogP contribution in [0.15, 0.2) is 41.1 Å². The van der Waals surface area contributed by atoms with Gasteiger partial charge in [-0.05, 0) is 100.0 Å². The smallest absolute Gasteiger partial charge is 0.257 e. The number of aryl methyl sites for hydroxylation is 1. The second-order valence-corrected chi connectivity index (χ2v) is 12.3. The molecule has 5 aliphatic rings. The van der Waals surface area contributed by atoms with E-state index in [4.69, 9.17) is 16.0 Å². The van der Waals surface area contributed by atoms with Gasteiger partial charge >= 0.3 is 0 Å². The lowest BCUT2D eigenvalue weighted by molar-refractivity contribution is -0.140. The number of aromatic nitrogens is 2. The number of benzene rings is 1. The molecule has 8 rings (SSSR count). The fourth-order valence-corrected chi connectivity index (χ4v) is 8.01. The van der Waals surface area contributed by atoms with E-state index in [1.165, 1.54) is 25.6 Å². The molecule has 2 amide bonds. The Hall–Kier alpha value is -3.19. The van der Waals surface area contributed by atoms with E-state index in [1.54, 1.807) is 23.1 Å². The highest BCUT2D eigenvalue weighted by Gasteiger charge is 2.54. The Bertz CT molecular complexity index is 1390. The molecule has 3 aromatic rings. The zero-order chi connectivity index (χ0) is 26.0. The maximum atomic E-state index is 13.6. The normalized spacial score (nSPS) is 27.3. The molecule has 0 unspecified atom stereocenters. The van der Waals surface area contributed by atoms with Crippen LogP contribution in [0.4, 0.5) is 5.82 Å². The summed E-state index contributed by atoms with van der Waals surface area (Å²) in [6, 6.07) is 9.16. The highest BCUT2D eigenvalue weighted by atomic mass is 35.5. The van der Waals surface area contributed by atoms with E-state index in [0.29, 0.717) is 65.2 Å². The average Bonchev–Trinajstić information content (AvgIpc) is 3.29. The van der Waals surface area contributed by atoms with Crippen molar-refractivity contribution in [2.75, 3.05) is 11.9 Å². The van der Waals surface area contributed by atoms with E-state index >= 15 is 0 Å². The van der Waals surface area contributed by atoms with Crippen molar-refractivity contribution in [1.82, 2.24) is 14.9 Å². The van der Waals surface area contributed by atoms with Crippen LogP contribution < -0.4 is 5.32 Å². The molecule has 4 aliphatic carbocycles. The molecule has 0 radical (unpaired) electrons. The highest BCUT2D eigenvalue weighted by molar-refractivity contribution is 6.30. The molecule has 4 saturated carbocycles. The van der Waals surface area contributed by atoms with Gasteiger partial charge in [-0.25, -0.2) is 9.97 Å². The molecule has 4 bridgehead atoms. The zero-order valence-corrected chi connectivity index (χ0v) is 22.3. The molecule has 2 aromatic heterocycles. The summed E-state index contributed by atoms with van der Waals surface area (Å²) in [5.41, 5.74) is 2.92. The van der Waals surface area contributed by atoms with Crippen molar-refractivity contribution in [1.29, 1.82) is 0 Å². The molecule has 0 spiro atoms. The Morgan fingerprint density at radius 2 is 1.74 bits per heavy atom. The van der Waals surface area contributed by atoms with Crippen molar-refractivity contribution in [3.05, 3.63) is 64.3 Å². The second kappa shape index (κ2) is 8.94. The van der Waals surface area contributed by atoms with Gasteiger partial charge in [-0.3, -0.25) is 9.59 Å². The quantitative estimate of drug-likeness (QED) is 0.443. The second-order valence-electron chi connectivity index (χ2n) is 11.9. The van der Waals surface area contributed by atoms with E-state index in [-0.39, 0.29) is 17.2 Å². The summed E-state index contributed by atoms with van der Waals surface area (Å²) < 4.78 is 5.92. The van der Waals surface area contributed by atoms with E-state index in [9.17, 15) is 9.59 Å². The van der Waals surface area contributed by atoms with Crippen LogP contribution in [0.1, 0.15) is 65.9 Å². The Kier molecular flexibility index (Phi) is 5.62. The minimum Gasteiger partial charge on any atom is -0.461 e. The largest absolute Gasteiger partial charge is 0.461 e. The number of fused-ring (bicyclic) bond motifs is 1. The summed E-state index contributed by atoms with van der Waals surface area (Å²) in [6.45, 7) is 2.71. The first kappa shape index (κ1) is 23.9. The van der Waals surface area contributed by atoms with Crippen molar-refractivity contribution in [2.45, 2.75) is 58.4 Å². The number of nitrogens with one attached hydrogen (secondary N) is 1. The summed E-state index contributed by atoms with van der Waals surface area (Å²) in [7, 11) is 0. The third-order valence-electron chi connectivity index (χ3n) is 9.32. The van der Waals surface area contributed by atoms with Crippen molar-refractivity contribution in [3.8, 4) is 11.3 Å². The molecule has 1 aliphatic heterocycles. The maximum absolute atomic E-state index is 13.6. The van der Waals surface area contributed by atoms with Crippen LogP contribution in [0.2, 0.25) is 5.02 Å². The maximum Gasteiger partial charge on any atom is 0.257 e. The molecule has 1 N–H and O–H groups in total. The van der Waals surface area contributed by atoms with E-state index in [2.05, 4.69) is 15.3 Å². The van der Waals surface area contributed by atoms with Gasteiger partial charge in [0.05, 0.1) is 23.2 Å². The molecule has 1 aromatic carbocycles. The van der Waals surface area contributed by atoms with Crippen LogP contribution >= 0.6 is 11.6 Å². The van der Waals surface area contributed by atoms with Gasteiger partial charge in [-0.15, -0.1) is 0 Å². The van der Waals surface area contributed by atoms with Gasteiger partial charge in [0.15, 0.2) is 0 Å². The summed E-state index contributed by atoms with van der Waals surface area (Å²) >= 11 is 6.01. The first-order valence-electron chi connectivity index (χ1n) is 13.7. The Morgan fingerprint density at radius 3 is 2.42 bits per heavy atom. The minimum absolute atomic E-state index is 0.0881. The number of carbonyl (C=O) groups excluding carboxylic acids is 2. The molecular formula is C30H31ClN4O3. The Morgan fingerprint density at radius 1 is 1.05 bits per heavy atom. The fraction of sp³-hybridized carbons (Fsp3) is 0.467. The molecular weight excluding hydrogens is 500 g/mol. The molecule has 3 heterocycles. The third kappa shape index (κ3) is 4.03. The number of hydrogen-bond acceptors (Lipinski definition) is 5. The van der Waals surface area contributed by atoms with E-state index in [1.807, 2.05) is 19.1 Å². The summed E-state index contributed by atoms with van der Waals surface area (Å²) in [4.78, 5) is 37.9. The third-order valence-corrected chi connectivity index (χ3v) is 9.57. The van der Waals surface area contributed by atoms with Crippen LogP contribution in [0.5, 0.6) is 0 Å². The number of hydrogen-bond donors (Lipinski definition) is 1. The van der Waals surface area contributed by atoms with Gasteiger partial charge in [0.25, 0.3) is 5.91 Å². The van der Waals surface area contributed by atoms with Crippen LogP contribution in [0, 0.1) is 30.1 Å². The van der Waals surface area contributed by atoms with E-state index in [0.717, 1.165) is 36.1 Å². The monoisotopic (exact) mass is 530 g/mol. The van der Waals surface area contributed by atoms with Crippen molar-refractivity contribution < 1.29 is 14.0 Å². The van der Waals surface area contributed by atoms with Crippen LogP contribution in [-0.4, -0.2) is 33.2 Å². The fourth-order valence-electron chi connectivity index (χ4n) is 7.89. The molecule has 0 atom stereocenters. The standard InChI is InChI=1S/C30H31ClN4O3/c1-17-24(11-26(38-17)21-2-4-22(31)5-3-21)28(36)35-7-6-23-25(15-35)32-16-33-27(23)34-29(37)30-12-18-8-19(13-30)10-20(9-18)14-30/h2-5,11,16,18-20H,6-10,12-15H2,1H3,(H,32,33,34,37). The molecule has 38 heavy (non-hydrogen) atoms. The van der Waals surface area contributed by atoms with Gasteiger partial charge < -0.3 is 14.6 Å². The molecule has 8 heteroatoms. The van der Waals surface area contributed by atoms with Crippen LogP contribution in [0.25, 0.3) is 11.3 Å². The molecule has 7 nitrogen and oxygen atoms in total. The lowest BCUT2D eigenvalue weighted by atomic mass is 9.49. The topological polar surface area (TPSA) is 88.3 Å². The lowest BCUT2D eigenvalue weighted by Crippen LogP contribution is -2.52. The van der Waals surface area contributed by atoms with Crippen molar-refractivity contribution in [2.24, 2.45) is 23.2 Å². The number of furan rings is 1. The predicted molar refractivity (Wildman–Crippen MR) is 144 cm³/mol. The molecule has 4 fully saturated rings. The van der Waals surface area contributed by atoms with Gasteiger partial charge in [0.1, 0.15) is 23.7 Å². The van der Waals surface area contributed by atoms with Crippen molar-refractivity contribution in [3.63, 3.8) is 0 Å². The van der Waals surface area contributed by atoms with Crippen molar-refractivity contribution >= 4 is 29.2 Å².